The Morgan fingerprint density at radius 1 is 1.21 bits per heavy atom. The predicted octanol–water partition coefficient (Wildman–Crippen LogP) is 2.34. The molecule has 5 rings (SSSR count). The van der Waals surface area contributed by atoms with E-state index < -0.39 is 0 Å². The molecule has 2 aromatic rings. The molecular weight excluding hydrogens is 305 g/mol. The number of rotatable bonds is 4. The average Bonchev–Trinajstić information content (AvgIpc) is 2.61. The van der Waals surface area contributed by atoms with Crippen LogP contribution in [0.5, 0.6) is 0 Å². The summed E-state index contributed by atoms with van der Waals surface area (Å²) >= 11 is 0. The summed E-state index contributed by atoms with van der Waals surface area (Å²) in [5.74, 6) is 0.213. The molecule has 0 spiro atoms. The van der Waals surface area contributed by atoms with Crippen LogP contribution in [-0.4, -0.2) is 45.0 Å². The van der Waals surface area contributed by atoms with Crippen LogP contribution in [0.15, 0.2) is 24.7 Å². The van der Waals surface area contributed by atoms with Crippen LogP contribution < -0.4 is 4.90 Å². The standard InChI is InChI=1S/C18H22FN5/c1-3-16-17(19)18(22-11-21-16)23-9-14-7-15(10-23)24(14)8-13-5-4-6-20-12(13)2/h4-6,11,14-15H,3,7-10H2,1-2H3. The van der Waals surface area contributed by atoms with E-state index in [1.807, 2.05) is 19.2 Å². The Bertz CT molecular complexity index is 738. The third-order valence-corrected chi connectivity index (χ3v) is 5.29. The molecule has 0 radical (unpaired) electrons. The Labute approximate surface area is 141 Å². The maximum absolute atomic E-state index is 14.5. The first-order valence-corrected chi connectivity index (χ1v) is 8.58. The third kappa shape index (κ3) is 2.55. The Morgan fingerprint density at radius 3 is 2.71 bits per heavy atom. The van der Waals surface area contributed by atoms with E-state index in [1.54, 1.807) is 0 Å². The lowest BCUT2D eigenvalue weighted by molar-refractivity contribution is -0.00914. The van der Waals surface area contributed by atoms with Gasteiger partial charge in [-0.25, -0.2) is 14.4 Å². The summed E-state index contributed by atoms with van der Waals surface area (Å²) in [5, 5.41) is 0. The fourth-order valence-electron chi connectivity index (χ4n) is 3.86. The normalized spacial score (nSPS) is 23.2. The maximum atomic E-state index is 14.5. The van der Waals surface area contributed by atoms with E-state index >= 15 is 0 Å². The molecular formula is C18H22FN5. The third-order valence-electron chi connectivity index (χ3n) is 5.29. The molecule has 0 aromatic carbocycles. The van der Waals surface area contributed by atoms with Gasteiger partial charge in [0.15, 0.2) is 11.6 Å². The van der Waals surface area contributed by atoms with E-state index in [1.165, 1.54) is 18.3 Å². The predicted molar refractivity (Wildman–Crippen MR) is 90.3 cm³/mol. The molecule has 126 valence electrons. The zero-order valence-corrected chi connectivity index (χ0v) is 14.1. The van der Waals surface area contributed by atoms with Gasteiger partial charge in [-0.2, -0.15) is 0 Å². The molecule has 2 bridgehead atoms. The van der Waals surface area contributed by atoms with Crippen molar-refractivity contribution >= 4 is 5.82 Å². The Hall–Kier alpha value is -2.08. The second-order valence-corrected chi connectivity index (χ2v) is 6.68. The number of aromatic nitrogens is 3. The number of hydrogen-bond donors (Lipinski definition) is 0. The molecule has 0 N–H and O–H groups in total. The van der Waals surface area contributed by atoms with Gasteiger partial charge in [0, 0.05) is 43.6 Å². The number of anilines is 1. The number of halogens is 1. The van der Waals surface area contributed by atoms with E-state index in [4.69, 9.17) is 0 Å². The van der Waals surface area contributed by atoms with Gasteiger partial charge in [0.05, 0.1) is 5.69 Å². The van der Waals surface area contributed by atoms with Gasteiger partial charge in [-0.1, -0.05) is 13.0 Å². The van der Waals surface area contributed by atoms with Crippen molar-refractivity contribution in [1.82, 2.24) is 19.9 Å². The van der Waals surface area contributed by atoms with Gasteiger partial charge in [-0.05, 0) is 31.4 Å². The molecule has 3 saturated heterocycles. The number of piperazine rings is 1. The largest absolute Gasteiger partial charge is 0.351 e. The van der Waals surface area contributed by atoms with Crippen LogP contribution in [0.2, 0.25) is 0 Å². The van der Waals surface area contributed by atoms with Gasteiger partial charge >= 0.3 is 0 Å². The van der Waals surface area contributed by atoms with Gasteiger partial charge in [0.25, 0.3) is 0 Å². The van der Waals surface area contributed by atoms with Gasteiger partial charge in [0.2, 0.25) is 0 Å². The first kappa shape index (κ1) is 15.4. The minimum absolute atomic E-state index is 0.254. The quantitative estimate of drug-likeness (QED) is 0.862. The maximum Gasteiger partial charge on any atom is 0.187 e. The summed E-state index contributed by atoms with van der Waals surface area (Å²) in [4.78, 5) is 17.2. The van der Waals surface area contributed by atoms with Gasteiger partial charge in [-0.15, -0.1) is 0 Å². The molecule has 2 unspecified atom stereocenters. The van der Waals surface area contributed by atoms with E-state index in [0.29, 0.717) is 30.0 Å². The second kappa shape index (κ2) is 6.09. The topological polar surface area (TPSA) is 45.2 Å². The van der Waals surface area contributed by atoms with Crippen molar-refractivity contribution in [1.29, 1.82) is 0 Å². The molecule has 24 heavy (non-hydrogen) atoms. The van der Waals surface area contributed by atoms with Gasteiger partial charge in [0.1, 0.15) is 6.33 Å². The van der Waals surface area contributed by atoms with Crippen molar-refractivity contribution in [2.24, 2.45) is 0 Å². The van der Waals surface area contributed by atoms with E-state index in [2.05, 4.69) is 37.7 Å². The molecule has 6 heteroatoms. The van der Waals surface area contributed by atoms with Crippen molar-refractivity contribution in [2.75, 3.05) is 18.0 Å². The van der Waals surface area contributed by atoms with Crippen molar-refractivity contribution < 1.29 is 4.39 Å². The average molecular weight is 327 g/mol. The fraction of sp³-hybridized carbons (Fsp3) is 0.500. The summed E-state index contributed by atoms with van der Waals surface area (Å²) in [6.45, 7) is 6.55. The molecule has 5 heterocycles. The molecule has 2 aromatic heterocycles. The fourth-order valence-corrected chi connectivity index (χ4v) is 3.86. The molecule has 0 amide bonds. The highest BCUT2D eigenvalue weighted by molar-refractivity contribution is 5.43. The summed E-state index contributed by atoms with van der Waals surface area (Å²) in [5.41, 5.74) is 2.87. The van der Waals surface area contributed by atoms with Crippen LogP contribution in [-0.2, 0) is 13.0 Å². The minimum Gasteiger partial charge on any atom is -0.351 e. The summed E-state index contributed by atoms with van der Waals surface area (Å²) in [6, 6.07) is 5.06. The minimum atomic E-state index is -0.254. The lowest BCUT2D eigenvalue weighted by Gasteiger charge is -2.56. The van der Waals surface area contributed by atoms with Crippen molar-refractivity contribution in [3.8, 4) is 0 Å². The SMILES string of the molecule is CCc1ncnc(N2CC3CC(C2)N3Cc2cccnc2C)c1F. The van der Waals surface area contributed by atoms with Crippen LogP contribution in [0.25, 0.3) is 0 Å². The van der Waals surface area contributed by atoms with Crippen molar-refractivity contribution in [2.45, 2.75) is 45.3 Å². The Morgan fingerprint density at radius 2 is 2.00 bits per heavy atom. The van der Waals surface area contributed by atoms with Crippen LogP contribution in [0.1, 0.15) is 30.3 Å². The molecule has 5 nitrogen and oxygen atoms in total. The van der Waals surface area contributed by atoms with Crippen LogP contribution >= 0.6 is 0 Å². The molecule has 0 saturated carbocycles. The Balaban J connectivity index is 1.48. The van der Waals surface area contributed by atoms with E-state index in [-0.39, 0.29) is 5.82 Å². The summed E-state index contributed by atoms with van der Waals surface area (Å²) < 4.78 is 14.5. The zero-order chi connectivity index (χ0) is 16.7. The summed E-state index contributed by atoms with van der Waals surface area (Å²) in [6.07, 6.45) is 5.09. The smallest absolute Gasteiger partial charge is 0.187 e. The summed E-state index contributed by atoms with van der Waals surface area (Å²) in [7, 11) is 0. The molecule has 0 aliphatic carbocycles. The van der Waals surface area contributed by atoms with Crippen LogP contribution in [0.3, 0.4) is 0 Å². The number of hydrogen-bond acceptors (Lipinski definition) is 5. The molecule has 3 fully saturated rings. The molecule has 3 aliphatic heterocycles. The number of nitrogens with zero attached hydrogens (tertiary/aromatic N) is 5. The highest BCUT2D eigenvalue weighted by atomic mass is 19.1. The monoisotopic (exact) mass is 327 g/mol. The van der Waals surface area contributed by atoms with Crippen molar-refractivity contribution in [3.05, 3.63) is 47.4 Å². The van der Waals surface area contributed by atoms with Crippen LogP contribution in [0, 0.1) is 12.7 Å². The number of fused-ring (bicyclic) bond motifs is 2. The first-order valence-electron chi connectivity index (χ1n) is 8.58. The van der Waals surface area contributed by atoms with Crippen molar-refractivity contribution in [3.63, 3.8) is 0 Å². The second-order valence-electron chi connectivity index (χ2n) is 6.68. The van der Waals surface area contributed by atoms with Gasteiger partial charge in [-0.3, -0.25) is 9.88 Å². The number of piperidine rings is 1. The lowest BCUT2D eigenvalue weighted by Crippen LogP contribution is -2.68. The Kier molecular flexibility index (Phi) is 3.92. The molecule has 3 aliphatic rings. The highest BCUT2D eigenvalue weighted by Crippen LogP contribution is 2.36. The van der Waals surface area contributed by atoms with Gasteiger partial charge < -0.3 is 4.90 Å². The lowest BCUT2D eigenvalue weighted by atomic mass is 9.86. The first-order chi connectivity index (χ1) is 11.7. The van der Waals surface area contributed by atoms with Crippen LogP contribution in [0.4, 0.5) is 10.2 Å². The van der Waals surface area contributed by atoms with E-state index in [9.17, 15) is 4.39 Å². The molecule has 2 atom stereocenters. The highest BCUT2D eigenvalue weighted by Gasteiger charge is 2.45. The number of aryl methyl sites for hydroxylation is 2. The van der Waals surface area contributed by atoms with E-state index in [0.717, 1.165) is 25.3 Å². The zero-order valence-electron chi connectivity index (χ0n) is 14.1. The number of pyridine rings is 1.